The second-order valence-electron chi connectivity index (χ2n) is 4.83. The lowest BCUT2D eigenvalue weighted by atomic mass is 10.2. The Labute approximate surface area is 133 Å². The number of rotatable bonds is 6. The van der Waals surface area contributed by atoms with Gasteiger partial charge in [0, 0.05) is 11.3 Å². The van der Waals surface area contributed by atoms with Gasteiger partial charge >= 0.3 is 0 Å². The summed E-state index contributed by atoms with van der Waals surface area (Å²) in [7, 11) is 0. The van der Waals surface area contributed by atoms with Gasteiger partial charge in [0.1, 0.15) is 0 Å². The molecule has 112 valence electrons. The average molecular weight is 312 g/mol. The monoisotopic (exact) mass is 312 g/mol. The van der Waals surface area contributed by atoms with Crippen LogP contribution in [0, 0.1) is 0 Å². The molecule has 0 saturated carbocycles. The number of hydrogen-bond donors (Lipinski definition) is 1. The van der Waals surface area contributed by atoms with Gasteiger partial charge in [-0.15, -0.1) is 22.0 Å². The van der Waals surface area contributed by atoms with Gasteiger partial charge in [-0.1, -0.05) is 42.5 Å². The van der Waals surface area contributed by atoms with Gasteiger partial charge in [0.2, 0.25) is 11.8 Å². The highest BCUT2D eigenvalue weighted by Gasteiger charge is 2.08. The number of aromatic nitrogens is 2. The maximum absolute atomic E-state index is 9.02. The van der Waals surface area contributed by atoms with Gasteiger partial charge in [-0.05, 0) is 23.3 Å². The third-order valence-corrected chi connectivity index (χ3v) is 4.18. The molecular formula is C17H16N2O2S. The van der Waals surface area contributed by atoms with E-state index < -0.39 is 0 Å². The van der Waals surface area contributed by atoms with Gasteiger partial charge in [-0.3, -0.25) is 0 Å². The van der Waals surface area contributed by atoms with E-state index in [2.05, 4.69) is 10.2 Å². The van der Waals surface area contributed by atoms with Crippen LogP contribution < -0.4 is 0 Å². The quantitative estimate of drug-likeness (QED) is 0.752. The van der Waals surface area contributed by atoms with Crippen molar-refractivity contribution < 1.29 is 9.52 Å². The van der Waals surface area contributed by atoms with Crippen LogP contribution in [0.25, 0.3) is 11.5 Å². The van der Waals surface area contributed by atoms with Crippen LogP contribution in [0.2, 0.25) is 0 Å². The smallest absolute Gasteiger partial charge is 0.247 e. The molecule has 5 heteroatoms. The van der Waals surface area contributed by atoms with E-state index in [9.17, 15) is 0 Å². The zero-order valence-electron chi connectivity index (χ0n) is 12.0. The van der Waals surface area contributed by atoms with Gasteiger partial charge in [-0.2, -0.15) is 0 Å². The normalized spacial score (nSPS) is 10.8. The Hall–Kier alpha value is -2.11. The predicted molar refractivity (Wildman–Crippen MR) is 87.1 cm³/mol. The minimum atomic E-state index is 0.0810. The molecule has 1 aromatic heterocycles. The summed E-state index contributed by atoms with van der Waals surface area (Å²) in [6.07, 6.45) is 0. The van der Waals surface area contributed by atoms with Crippen LogP contribution in [-0.4, -0.2) is 15.3 Å². The zero-order chi connectivity index (χ0) is 15.2. The zero-order valence-corrected chi connectivity index (χ0v) is 12.8. The standard InChI is InChI=1S/C17H16N2O2S/c20-10-13-6-8-14(9-7-13)11-22-12-16-18-19-17(21-16)15-4-2-1-3-5-15/h1-9,20H,10-12H2. The maximum Gasteiger partial charge on any atom is 0.247 e. The molecule has 1 N–H and O–H groups in total. The minimum absolute atomic E-state index is 0.0810. The van der Waals surface area contributed by atoms with E-state index in [1.807, 2.05) is 54.6 Å². The number of aliphatic hydroxyl groups excluding tert-OH is 1. The van der Waals surface area contributed by atoms with Crippen molar-refractivity contribution in [3.8, 4) is 11.5 Å². The molecular weight excluding hydrogens is 296 g/mol. The number of hydrogen-bond acceptors (Lipinski definition) is 5. The van der Waals surface area contributed by atoms with E-state index in [4.69, 9.17) is 9.52 Å². The molecule has 0 atom stereocenters. The third kappa shape index (κ3) is 3.75. The Morgan fingerprint density at radius 1 is 0.864 bits per heavy atom. The van der Waals surface area contributed by atoms with Crippen molar-refractivity contribution in [2.24, 2.45) is 0 Å². The first kappa shape index (κ1) is 14.8. The van der Waals surface area contributed by atoms with E-state index >= 15 is 0 Å². The molecule has 0 aliphatic rings. The summed E-state index contributed by atoms with van der Waals surface area (Å²) < 4.78 is 5.67. The van der Waals surface area contributed by atoms with E-state index in [0.717, 1.165) is 16.9 Å². The van der Waals surface area contributed by atoms with Crippen LogP contribution in [0.15, 0.2) is 59.0 Å². The van der Waals surface area contributed by atoms with Crippen LogP contribution in [0.1, 0.15) is 17.0 Å². The molecule has 4 nitrogen and oxygen atoms in total. The summed E-state index contributed by atoms with van der Waals surface area (Å²) in [5.74, 6) is 2.75. The first-order valence-electron chi connectivity index (χ1n) is 6.99. The summed E-state index contributed by atoms with van der Waals surface area (Å²) in [5.41, 5.74) is 3.08. The highest BCUT2D eigenvalue weighted by atomic mass is 32.2. The lowest BCUT2D eigenvalue weighted by Gasteiger charge is -2.01. The van der Waals surface area contributed by atoms with Gasteiger partial charge < -0.3 is 9.52 Å². The first-order valence-corrected chi connectivity index (χ1v) is 8.15. The molecule has 0 amide bonds. The number of benzene rings is 2. The van der Waals surface area contributed by atoms with Crippen molar-refractivity contribution in [3.63, 3.8) is 0 Å². The molecule has 2 aromatic carbocycles. The molecule has 22 heavy (non-hydrogen) atoms. The van der Waals surface area contributed by atoms with Crippen molar-refractivity contribution in [1.82, 2.24) is 10.2 Å². The number of aliphatic hydroxyl groups is 1. The SMILES string of the molecule is OCc1ccc(CSCc2nnc(-c3ccccc3)o2)cc1. The summed E-state index contributed by atoms with van der Waals surface area (Å²) in [6.45, 7) is 0.0810. The largest absolute Gasteiger partial charge is 0.420 e. The van der Waals surface area contributed by atoms with Crippen LogP contribution in [-0.2, 0) is 18.1 Å². The Balaban J connectivity index is 1.54. The van der Waals surface area contributed by atoms with Crippen molar-refractivity contribution >= 4 is 11.8 Å². The average Bonchev–Trinajstić information content (AvgIpc) is 3.05. The van der Waals surface area contributed by atoms with Gasteiger partial charge in [0.05, 0.1) is 12.4 Å². The highest BCUT2D eigenvalue weighted by molar-refractivity contribution is 7.97. The summed E-state index contributed by atoms with van der Waals surface area (Å²) in [5, 5.41) is 17.2. The highest BCUT2D eigenvalue weighted by Crippen LogP contribution is 2.21. The van der Waals surface area contributed by atoms with E-state index in [1.165, 1.54) is 5.56 Å². The third-order valence-electron chi connectivity index (χ3n) is 3.19. The lowest BCUT2D eigenvalue weighted by molar-refractivity contribution is 0.282. The molecule has 0 radical (unpaired) electrons. The Morgan fingerprint density at radius 3 is 2.32 bits per heavy atom. The summed E-state index contributed by atoms with van der Waals surface area (Å²) >= 11 is 1.72. The van der Waals surface area contributed by atoms with Gasteiger partial charge in [-0.25, -0.2) is 0 Å². The molecule has 3 aromatic rings. The van der Waals surface area contributed by atoms with Crippen LogP contribution in [0.4, 0.5) is 0 Å². The Morgan fingerprint density at radius 2 is 1.59 bits per heavy atom. The van der Waals surface area contributed by atoms with E-state index in [-0.39, 0.29) is 6.61 Å². The second kappa shape index (κ2) is 7.24. The fourth-order valence-electron chi connectivity index (χ4n) is 2.01. The lowest BCUT2D eigenvalue weighted by Crippen LogP contribution is -1.86. The number of thioether (sulfide) groups is 1. The fraction of sp³-hybridized carbons (Fsp3) is 0.176. The Bertz CT molecular complexity index is 711. The fourth-order valence-corrected chi connectivity index (χ4v) is 2.83. The van der Waals surface area contributed by atoms with Crippen LogP contribution in [0.5, 0.6) is 0 Å². The molecule has 0 aliphatic carbocycles. The first-order chi connectivity index (χ1) is 10.8. The predicted octanol–water partition coefficient (Wildman–Crippen LogP) is 3.66. The topological polar surface area (TPSA) is 59.2 Å². The molecule has 0 unspecified atom stereocenters. The Kier molecular flexibility index (Phi) is 4.88. The van der Waals surface area contributed by atoms with E-state index in [1.54, 1.807) is 11.8 Å². The molecule has 0 bridgehead atoms. The molecule has 0 saturated heterocycles. The maximum atomic E-state index is 9.02. The van der Waals surface area contributed by atoms with Crippen molar-refractivity contribution in [2.75, 3.05) is 0 Å². The molecule has 0 aliphatic heterocycles. The second-order valence-corrected chi connectivity index (χ2v) is 5.82. The van der Waals surface area contributed by atoms with Crippen molar-refractivity contribution in [1.29, 1.82) is 0 Å². The van der Waals surface area contributed by atoms with E-state index in [0.29, 0.717) is 17.5 Å². The van der Waals surface area contributed by atoms with Crippen LogP contribution in [0.3, 0.4) is 0 Å². The molecule has 0 fully saturated rings. The summed E-state index contributed by atoms with van der Waals surface area (Å²) in [6, 6.07) is 17.7. The molecule has 3 rings (SSSR count). The van der Waals surface area contributed by atoms with Crippen molar-refractivity contribution in [3.05, 3.63) is 71.6 Å². The molecule has 0 spiro atoms. The summed E-state index contributed by atoms with van der Waals surface area (Å²) in [4.78, 5) is 0. The van der Waals surface area contributed by atoms with Gasteiger partial charge in [0.25, 0.3) is 0 Å². The number of nitrogens with zero attached hydrogens (tertiary/aromatic N) is 2. The molecule has 1 heterocycles. The van der Waals surface area contributed by atoms with Gasteiger partial charge in [0.15, 0.2) is 0 Å². The minimum Gasteiger partial charge on any atom is -0.420 e. The van der Waals surface area contributed by atoms with Crippen LogP contribution >= 0.6 is 11.8 Å². The van der Waals surface area contributed by atoms with Crippen molar-refractivity contribution in [2.45, 2.75) is 18.1 Å².